The lowest BCUT2D eigenvalue weighted by Crippen LogP contribution is -2.44. The number of aryl methyl sites for hydroxylation is 1. The molecule has 0 spiro atoms. The van der Waals surface area contributed by atoms with E-state index < -0.39 is 14.0 Å². The number of ether oxygens (including phenoxy) is 1. The van der Waals surface area contributed by atoms with Crippen molar-refractivity contribution < 1.29 is 13.0 Å². The highest BCUT2D eigenvalue weighted by atomic mass is 79.9. The molecule has 1 saturated heterocycles. The van der Waals surface area contributed by atoms with Crippen LogP contribution in [0.4, 0.5) is 34.6 Å². The lowest BCUT2D eigenvalue weighted by atomic mass is 10.1. The third-order valence-corrected chi connectivity index (χ3v) is 6.18. The molecular formula is C24H31BrN8O. The van der Waals surface area contributed by atoms with E-state index in [2.05, 4.69) is 58.4 Å². The maximum absolute atomic E-state index is 7.77. The summed E-state index contributed by atoms with van der Waals surface area (Å²) < 4.78 is 52.8. The number of halogens is 1. The number of aromatic nitrogens is 3. The molecule has 0 atom stereocenters. The van der Waals surface area contributed by atoms with Crippen molar-refractivity contribution in [3.63, 3.8) is 0 Å². The molecule has 2 N–H and O–H groups in total. The summed E-state index contributed by atoms with van der Waals surface area (Å²) in [5, 5.41) is 6.20. The molecule has 1 aliphatic heterocycles. The van der Waals surface area contributed by atoms with Gasteiger partial charge in [0, 0.05) is 72.5 Å². The highest BCUT2D eigenvalue weighted by Crippen LogP contribution is 2.36. The summed E-state index contributed by atoms with van der Waals surface area (Å²) in [6, 6.07) is 7.07. The van der Waals surface area contributed by atoms with Gasteiger partial charge >= 0.3 is 0 Å². The molecule has 0 amide bonds. The van der Waals surface area contributed by atoms with E-state index in [1.807, 2.05) is 19.1 Å². The molecular weight excluding hydrogens is 496 g/mol. The van der Waals surface area contributed by atoms with Crippen molar-refractivity contribution in [1.82, 2.24) is 19.9 Å². The largest absolute Gasteiger partial charge is 0.494 e. The number of pyridine rings is 1. The lowest BCUT2D eigenvalue weighted by Gasteiger charge is -2.35. The fourth-order valence-corrected chi connectivity index (χ4v) is 4.06. The Kier molecular flexibility index (Phi) is 5.32. The Morgan fingerprint density at radius 1 is 1.12 bits per heavy atom. The van der Waals surface area contributed by atoms with Crippen LogP contribution >= 0.6 is 15.9 Å². The summed E-state index contributed by atoms with van der Waals surface area (Å²) in [7, 11) is 3.72. The van der Waals surface area contributed by atoms with Crippen LogP contribution < -0.4 is 25.2 Å². The van der Waals surface area contributed by atoms with Crippen molar-refractivity contribution in [3.8, 4) is 5.75 Å². The van der Waals surface area contributed by atoms with Crippen molar-refractivity contribution in [2.75, 3.05) is 74.7 Å². The van der Waals surface area contributed by atoms with Gasteiger partial charge in [-0.05, 0) is 53.7 Å². The zero-order chi connectivity index (χ0) is 29.2. The second kappa shape index (κ2) is 10.4. The molecule has 4 rings (SSSR count). The summed E-state index contributed by atoms with van der Waals surface area (Å²) in [5.41, 5.74) is 2.98. The van der Waals surface area contributed by atoms with Crippen LogP contribution in [0, 0.1) is 6.92 Å². The molecule has 0 saturated carbocycles. The van der Waals surface area contributed by atoms with Gasteiger partial charge in [0.25, 0.3) is 0 Å². The van der Waals surface area contributed by atoms with E-state index in [9.17, 15) is 0 Å². The summed E-state index contributed by atoms with van der Waals surface area (Å²) in [6.45, 7) is -0.0599. The van der Waals surface area contributed by atoms with Crippen LogP contribution in [-0.4, -0.2) is 74.1 Å². The summed E-state index contributed by atoms with van der Waals surface area (Å²) >= 11 is 3.41. The van der Waals surface area contributed by atoms with Crippen LogP contribution in [0.1, 0.15) is 13.8 Å². The average molecular weight is 534 g/mol. The van der Waals surface area contributed by atoms with E-state index >= 15 is 0 Å². The van der Waals surface area contributed by atoms with Gasteiger partial charge in [-0.3, -0.25) is 0 Å². The normalized spacial score (nSPS) is 17.5. The highest BCUT2D eigenvalue weighted by Gasteiger charge is 2.19. The molecule has 0 radical (unpaired) electrons. The van der Waals surface area contributed by atoms with Gasteiger partial charge < -0.3 is 30.1 Å². The maximum atomic E-state index is 7.77. The SMILES string of the molecule is [2H]C([2H])([2H])N(c1ncccc1Nc1nc(Nc2cc(C)c(N3CCN(C)CC3)cc2OC)ncc1Br)C([2H])([2H])[2H]. The smallest absolute Gasteiger partial charge is 0.229 e. The number of anilines is 6. The predicted octanol–water partition coefficient (Wildman–Crippen LogP) is 4.26. The van der Waals surface area contributed by atoms with Gasteiger partial charge in [-0.1, -0.05) is 0 Å². The van der Waals surface area contributed by atoms with Crippen LogP contribution in [-0.2, 0) is 0 Å². The molecule has 9 nitrogen and oxygen atoms in total. The zero-order valence-corrected chi connectivity index (χ0v) is 20.8. The van der Waals surface area contributed by atoms with E-state index in [4.69, 9.17) is 13.0 Å². The van der Waals surface area contributed by atoms with Crippen LogP contribution in [0.15, 0.2) is 41.1 Å². The molecule has 0 bridgehead atoms. The number of likely N-dealkylation sites (N-methyl/N-ethyl adjacent to an activating group) is 1. The summed E-state index contributed by atoms with van der Waals surface area (Å²) in [5.74, 6) is 0.873. The molecule has 180 valence electrons. The van der Waals surface area contributed by atoms with Crippen molar-refractivity contribution in [2.45, 2.75) is 6.92 Å². The fraction of sp³-hybridized carbons (Fsp3) is 0.375. The van der Waals surface area contributed by atoms with Gasteiger partial charge in [-0.15, -0.1) is 0 Å². The first-order chi connectivity index (χ1) is 18.8. The first-order valence-corrected chi connectivity index (χ1v) is 11.5. The molecule has 10 heteroatoms. The molecule has 2 aromatic heterocycles. The topological polar surface area (TPSA) is 81.7 Å². The van der Waals surface area contributed by atoms with E-state index in [0.29, 0.717) is 20.8 Å². The number of piperazine rings is 1. The Morgan fingerprint density at radius 3 is 2.65 bits per heavy atom. The molecule has 34 heavy (non-hydrogen) atoms. The Morgan fingerprint density at radius 2 is 1.91 bits per heavy atom. The Labute approximate surface area is 217 Å². The van der Waals surface area contributed by atoms with Gasteiger partial charge in [-0.2, -0.15) is 4.98 Å². The first-order valence-electron chi connectivity index (χ1n) is 13.7. The molecule has 1 fully saturated rings. The minimum atomic E-state index is -2.96. The molecule has 3 heterocycles. The number of hydrogen-bond acceptors (Lipinski definition) is 9. The van der Waals surface area contributed by atoms with Gasteiger partial charge in [-0.25, -0.2) is 9.97 Å². The van der Waals surface area contributed by atoms with E-state index in [1.165, 1.54) is 18.5 Å². The van der Waals surface area contributed by atoms with Gasteiger partial charge in [0.15, 0.2) is 5.82 Å². The number of nitrogens with zero attached hydrogens (tertiary/aromatic N) is 6. The Bertz CT molecular complexity index is 1330. The second-order valence-corrected chi connectivity index (χ2v) is 8.83. The van der Waals surface area contributed by atoms with E-state index in [-0.39, 0.29) is 23.3 Å². The van der Waals surface area contributed by atoms with Gasteiger partial charge in [0.05, 0.1) is 23.0 Å². The Balaban J connectivity index is 1.63. The van der Waals surface area contributed by atoms with Crippen LogP contribution in [0.25, 0.3) is 0 Å². The number of benzene rings is 1. The van der Waals surface area contributed by atoms with Gasteiger partial charge in [0.1, 0.15) is 11.6 Å². The molecule has 0 unspecified atom stereocenters. The number of methoxy groups -OCH3 is 1. The van der Waals surface area contributed by atoms with Crippen LogP contribution in [0.2, 0.25) is 0 Å². The molecule has 0 aliphatic carbocycles. The lowest BCUT2D eigenvalue weighted by molar-refractivity contribution is 0.312. The number of hydrogen-bond donors (Lipinski definition) is 2. The van der Waals surface area contributed by atoms with Crippen LogP contribution in [0.3, 0.4) is 0 Å². The van der Waals surface area contributed by atoms with E-state index in [0.717, 1.165) is 37.4 Å². The monoisotopic (exact) mass is 532 g/mol. The van der Waals surface area contributed by atoms with Crippen LogP contribution in [0.5, 0.6) is 5.75 Å². The second-order valence-electron chi connectivity index (χ2n) is 7.98. The van der Waals surface area contributed by atoms with Crippen molar-refractivity contribution in [1.29, 1.82) is 0 Å². The number of rotatable bonds is 7. The summed E-state index contributed by atoms with van der Waals surface area (Å²) in [4.78, 5) is 17.9. The minimum Gasteiger partial charge on any atom is -0.494 e. The quantitative estimate of drug-likeness (QED) is 0.463. The van der Waals surface area contributed by atoms with Crippen molar-refractivity contribution in [2.24, 2.45) is 0 Å². The molecule has 1 aromatic carbocycles. The standard InChI is InChI=1S/C24H31BrN8O/c1-16-13-19(21(34-5)14-20(16)33-11-9-32(4)10-12-33)29-24-27-15-17(25)22(30-24)28-18-7-6-8-26-23(18)31(2)3/h6-8,13-15H,9-12H2,1-5H3,(H2,27,28,29,30)/i2D3,3D3. The molecule has 3 aromatic rings. The van der Waals surface area contributed by atoms with Crippen molar-refractivity contribution in [3.05, 3.63) is 46.7 Å². The fourth-order valence-electron chi connectivity index (χ4n) is 3.77. The Hall–Kier alpha value is -3.11. The average Bonchev–Trinajstić information content (AvgIpc) is 2.86. The van der Waals surface area contributed by atoms with Gasteiger partial charge in [0.2, 0.25) is 5.95 Å². The predicted molar refractivity (Wildman–Crippen MR) is 142 cm³/mol. The highest BCUT2D eigenvalue weighted by molar-refractivity contribution is 9.10. The van der Waals surface area contributed by atoms with E-state index in [1.54, 1.807) is 13.2 Å². The third kappa shape index (κ3) is 5.34. The zero-order valence-electron chi connectivity index (χ0n) is 25.3. The minimum absolute atomic E-state index is 0.144. The molecule has 1 aliphatic rings. The number of nitrogens with one attached hydrogen (secondary N) is 2. The van der Waals surface area contributed by atoms with Crippen molar-refractivity contribution >= 4 is 50.6 Å². The third-order valence-electron chi connectivity index (χ3n) is 5.60. The summed E-state index contributed by atoms with van der Waals surface area (Å²) in [6.07, 6.45) is 2.85. The first kappa shape index (κ1) is 17.3. The maximum Gasteiger partial charge on any atom is 0.229 e.